The van der Waals surface area contributed by atoms with E-state index in [1.807, 2.05) is 13.8 Å². The largest absolute Gasteiger partial charge is 0.355 e. The van der Waals surface area contributed by atoms with Crippen LogP contribution < -0.4 is 0 Å². The summed E-state index contributed by atoms with van der Waals surface area (Å²) in [7, 11) is 0. The van der Waals surface area contributed by atoms with Crippen molar-refractivity contribution in [3.63, 3.8) is 0 Å². The third kappa shape index (κ3) is 1.76. The van der Waals surface area contributed by atoms with Crippen LogP contribution in [0.25, 0.3) is 0 Å². The summed E-state index contributed by atoms with van der Waals surface area (Å²) in [6, 6.07) is 1.29. The summed E-state index contributed by atoms with van der Waals surface area (Å²) in [4.78, 5) is 0. The van der Waals surface area contributed by atoms with Gasteiger partial charge in [0.25, 0.3) is 6.43 Å². The fraction of sp³-hybridized carbons (Fsp3) is 0.571. The average molecular weight is 161 g/mol. The lowest BCUT2D eigenvalue weighted by Crippen LogP contribution is -1.84. The van der Waals surface area contributed by atoms with Gasteiger partial charge in [-0.05, 0) is 5.92 Å². The van der Waals surface area contributed by atoms with Crippen LogP contribution in [-0.4, -0.2) is 5.16 Å². The first-order valence-corrected chi connectivity index (χ1v) is 3.36. The highest BCUT2D eigenvalue weighted by atomic mass is 19.3. The van der Waals surface area contributed by atoms with Crippen molar-refractivity contribution in [1.29, 1.82) is 0 Å². The van der Waals surface area contributed by atoms with E-state index in [9.17, 15) is 8.78 Å². The van der Waals surface area contributed by atoms with Gasteiger partial charge < -0.3 is 4.52 Å². The van der Waals surface area contributed by atoms with Crippen LogP contribution in [0.5, 0.6) is 0 Å². The van der Waals surface area contributed by atoms with Gasteiger partial charge in [0.05, 0.1) is 5.69 Å². The van der Waals surface area contributed by atoms with Crippen LogP contribution in [0.1, 0.15) is 37.6 Å². The average Bonchev–Trinajstić information content (AvgIpc) is 2.33. The predicted molar refractivity (Wildman–Crippen MR) is 35.5 cm³/mol. The summed E-state index contributed by atoms with van der Waals surface area (Å²) in [5.74, 6) is -0.222. The lowest BCUT2D eigenvalue weighted by molar-refractivity contribution is 0.112. The van der Waals surface area contributed by atoms with Crippen LogP contribution in [0.3, 0.4) is 0 Å². The van der Waals surface area contributed by atoms with Crippen molar-refractivity contribution < 1.29 is 13.3 Å². The maximum absolute atomic E-state index is 11.9. The van der Waals surface area contributed by atoms with E-state index in [0.717, 1.165) is 0 Å². The van der Waals surface area contributed by atoms with Gasteiger partial charge in [0.15, 0.2) is 0 Å². The highest BCUT2D eigenvalue weighted by Crippen LogP contribution is 2.22. The number of halogens is 2. The van der Waals surface area contributed by atoms with E-state index in [2.05, 4.69) is 9.68 Å². The van der Waals surface area contributed by atoms with Gasteiger partial charge in [0.1, 0.15) is 0 Å². The summed E-state index contributed by atoms with van der Waals surface area (Å²) in [5.41, 5.74) is 0.570. The zero-order valence-corrected chi connectivity index (χ0v) is 6.34. The van der Waals surface area contributed by atoms with Crippen LogP contribution in [0.2, 0.25) is 0 Å². The number of nitrogens with zero attached hydrogens (tertiary/aromatic N) is 1. The Hall–Kier alpha value is -0.930. The van der Waals surface area contributed by atoms with Gasteiger partial charge in [-0.15, -0.1) is 0 Å². The Morgan fingerprint density at radius 1 is 1.45 bits per heavy atom. The van der Waals surface area contributed by atoms with E-state index in [0.29, 0.717) is 5.69 Å². The highest BCUT2D eigenvalue weighted by Gasteiger charge is 2.15. The number of hydrogen-bond acceptors (Lipinski definition) is 2. The SMILES string of the molecule is CC(C)c1cc(C(F)F)on1. The van der Waals surface area contributed by atoms with E-state index in [-0.39, 0.29) is 11.7 Å². The molecular weight excluding hydrogens is 152 g/mol. The Morgan fingerprint density at radius 3 is 2.36 bits per heavy atom. The number of alkyl halides is 2. The number of hydrogen-bond donors (Lipinski definition) is 0. The number of rotatable bonds is 2. The highest BCUT2D eigenvalue weighted by molar-refractivity contribution is 5.09. The zero-order chi connectivity index (χ0) is 8.43. The molecule has 2 nitrogen and oxygen atoms in total. The van der Waals surface area contributed by atoms with E-state index in [4.69, 9.17) is 0 Å². The molecule has 4 heteroatoms. The Bertz CT molecular complexity index is 210. The molecule has 0 fully saturated rings. The summed E-state index contributed by atoms with van der Waals surface area (Å²) >= 11 is 0. The summed E-state index contributed by atoms with van der Waals surface area (Å²) in [5, 5.41) is 3.48. The van der Waals surface area contributed by atoms with Gasteiger partial charge >= 0.3 is 0 Å². The Labute approximate surface area is 63.2 Å². The second kappa shape index (κ2) is 2.98. The molecule has 0 radical (unpaired) electrons. The molecule has 1 rings (SSSR count). The first-order valence-electron chi connectivity index (χ1n) is 3.36. The topological polar surface area (TPSA) is 26.0 Å². The summed E-state index contributed by atoms with van der Waals surface area (Å²) in [6.45, 7) is 3.74. The van der Waals surface area contributed by atoms with E-state index >= 15 is 0 Å². The second-order valence-electron chi connectivity index (χ2n) is 2.61. The van der Waals surface area contributed by atoms with Gasteiger partial charge in [-0.3, -0.25) is 0 Å². The van der Waals surface area contributed by atoms with Crippen LogP contribution in [-0.2, 0) is 0 Å². The maximum atomic E-state index is 11.9. The van der Waals surface area contributed by atoms with Crippen molar-refractivity contribution in [3.8, 4) is 0 Å². The molecule has 62 valence electrons. The molecule has 0 amide bonds. The Kier molecular flexibility index (Phi) is 2.22. The van der Waals surface area contributed by atoms with Gasteiger partial charge in [0.2, 0.25) is 5.76 Å². The molecule has 1 aromatic rings. The van der Waals surface area contributed by atoms with Crippen molar-refractivity contribution in [2.45, 2.75) is 26.2 Å². The number of aromatic nitrogens is 1. The third-order valence-corrected chi connectivity index (χ3v) is 1.35. The molecule has 0 unspecified atom stereocenters. The second-order valence-corrected chi connectivity index (χ2v) is 2.61. The first-order chi connectivity index (χ1) is 5.11. The first kappa shape index (κ1) is 8.17. The minimum atomic E-state index is -2.56. The summed E-state index contributed by atoms with van der Waals surface area (Å²) in [6.07, 6.45) is -2.56. The zero-order valence-electron chi connectivity index (χ0n) is 6.34. The molecule has 0 atom stereocenters. The molecule has 0 bridgehead atoms. The molecule has 11 heavy (non-hydrogen) atoms. The molecule has 1 aromatic heterocycles. The van der Waals surface area contributed by atoms with E-state index in [1.165, 1.54) is 6.07 Å². The fourth-order valence-electron chi connectivity index (χ4n) is 0.679. The Balaban J connectivity index is 2.82. The van der Waals surface area contributed by atoms with Gasteiger partial charge in [-0.25, -0.2) is 8.78 Å². The molecule has 0 saturated carbocycles. The predicted octanol–water partition coefficient (Wildman–Crippen LogP) is 2.74. The van der Waals surface area contributed by atoms with Crippen LogP contribution >= 0.6 is 0 Å². The van der Waals surface area contributed by atoms with Crippen LogP contribution in [0.4, 0.5) is 8.78 Å². The van der Waals surface area contributed by atoms with Crippen molar-refractivity contribution in [3.05, 3.63) is 17.5 Å². The smallest absolute Gasteiger partial charge is 0.298 e. The lowest BCUT2D eigenvalue weighted by atomic mass is 10.1. The molecular formula is C7H9F2NO. The monoisotopic (exact) mass is 161 g/mol. The van der Waals surface area contributed by atoms with E-state index < -0.39 is 6.43 Å². The van der Waals surface area contributed by atoms with Crippen molar-refractivity contribution in [2.75, 3.05) is 0 Å². The van der Waals surface area contributed by atoms with Crippen molar-refractivity contribution in [1.82, 2.24) is 5.16 Å². The quantitative estimate of drug-likeness (QED) is 0.666. The van der Waals surface area contributed by atoms with E-state index in [1.54, 1.807) is 0 Å². The Morgan fingerprint density at radius 2 is 2.09 bits per heavy atom. The molecule has 1 heterocycles. The fourth-order valence-corrected chi connectivity index (χ4v) is 0.679. The molecule has 0 N–H and O–H groups in total. The van der Waals surface area contributed by atoms with Crippen molar-refractivity contribution in [2.24, 2.45) is 0 Å². The lowest BCUT2D eigenvalue weighted by Gasteiger charge is -1.93. The molecule has 0 aromatic carbocycles. The normalized spacial score (nSPS) is 11.5. The van der Waals surface area contributed by atoms with Crippen molar-refractivity contribution >= 4 is 0 Å². The molecule has 0 aliphatic rings. The van der Waals surface area contributed by atoms with Gasteiger partial charge in [-0.2, -0.15) is 0 Å². The third-order valence-electron chi connectivity index (χ3n) is 1.35. The minimum absolute atomic E-state index is 0.131. The van der Waals surface area contributed by atoms with Gasteiger partial charge in [-0.1, -0.05) is 19.0 Å². The standard InChI is InChI=1S/C7H9F2NO/c1-4(2)5-3-6(7(8)9)11-10-5/h3-4,7H,1-2H3. The summed E-state index contributed by atoms with van der Waals surface area (Å²) < 4.78 is 28.2. The molecule has 0 spiro atoms. The minimum Gasteiger partial charge on any atom is -0.355 e. The molecule has 0 saturated heterocycles. The maximum Gasteiger partial charge on any atom is 0.298 e. The van der Waals surface area contributed by atoms with Crippen LogP contribution in [0.15, 0.2) is 10.6 Å². The van der Waals surface area contributed by atoms with Gasteiger partial charge in [0, 0.05) is 6.07 Å². The van der Waals surface area contributed by atoms with Crippen LogP contribution in [0, 0.1) is 0 Å². The molecule has 0 aliphatic carbocycles. The molecule has 0 aliphatic heterocycles.